The third-order valence-corrected chi connectivity index (χ3v) is 3.32. The third kappa shape index (κ3) is 9.93. The molecule has 1 unspecified atom stereocenters. The minimum atomic E-state index is -0.450. The van der Waals surface area contributed by atoms with E-state index in [1.54, 1.807) is 0 Å². The summed E-state index contributed by atoms with van der Waals surface area (Å²) in [6.07, 6.45) is 9.13. The van der Waals surface area contributed by atoms with E-state index >= 15 is 0 Å². The van der Waals surface area contributed by atoms with Crippen LogP contribution in [-0.4, -0.2) is 31.1 Å². The molecule has 0 spiro atoms. The molecule has 112 valence electrons. The molecule has 1 saturated carbocycles. The molecule has 0 amide bonds. The van der Waals surface area contributed by atoms with Crippen LogP contribution in [0.3, 0.4) is 0 Å². The zero-order valence-corrected chi connectivity index (χ0v) is 12.2. The van der Waals surface area contributed by atoms with Crippen LogP contribution in [0.15, 0.2) is 11.8 Å². The van der Waals surface area contributed by atoms with Crippen LogP contribution in [0.4, 0.5) is 0 Å². The van der Waals surface area contributed by atoms with Crippen molar-refractivity contribution in [1.29, 1.82) is 0 Å². The van der Waals surface area contributed by atoms with Gasteiger partial charge < -0.3 is 20.9 Å². The summed E-state index contributed by atoms with van der Waals surface area (Å²) in [7, 11) is 0. The third-order valence-electron chi connectivity index (χ3n) is 3.32. The maximum absolute atomic E-state index is 9.74. The molecule has 1 aliphatic rings. The molecule has 0 aromatic rings. The molecule has 0 aromatic heterocycles. The summed E-state index contributed by atoms with van der Waals surface area (Å²) < 4.78 is 5.58. The van der Waals surface area contributed by atoms with Gasteiger partial charge in [0.25, 0.3) is 0 Å². The second-order valence-corrected chi connectivity index (χ2v) is 5.49. The molecule has 1 fully saturated rings. The van der Waals surface area contributed by atoms with Gasteiger partial charge in [-0.25, -0.2) is 0 Å². The maximum Gasteiger partial charge on any atom is 0.124 e. The van der Waals surface area contributed by atoms with Crippen molar-refractivity contribution in [2.45, 2.75) is 58.1 Å². The lowest BCUT2D eigenvalue weighted by atomic mass is 10.2. The van der Waals surface area contributed by atoms with Crippen LogP contribution >= 0.6 is 0 Å². The van der Waals surface area contributed by atoms with E-state index in [0.29, 0.717) is 6.54 Å². The van der Waals surface area contributed by atoms with E-state index in [9.17, 15) is 5.11 Å². The minimum Gasteiger partial charge on any atom is -0.381 e. The molecule has 0 bridgehead atoms. The van der Waals surface area contributed by atoms with Crippen molar-refractivity contribution in [2.24, 2.45) is 11.7 Å². The molecule has 1 rings (SSSR count). The number of ether oxygens (including phenoxy) is 1. The van der Waals surface area contributed by atoms with Gasteiger partial charge in [0.05, 0.1) is 0 Å². The van der Waals surface area contributed by atoms with Crippen molar-refractivity contribution in [3.63, 3.8) is 0 Å². The number of rotatable bonds is 12. The maximum atomic E-state index is 9.74. The number of hydrogen-bond acceptors (Lipinski definition) is 4. The summed E-state index contributed by atoms with van der Waals surface area (Å²) in [5.74, 6) is 0.850. The molecule has 0 radical (unpaired) electrons. The zero-order chi connectivity index (χ0) is 13.9. The number of allylic oxidation sites excluding steroid dienone is 2. The largest absolute Gasteiger partial charge is 0.381 e. The van der Waals surface area contributed by atoms with E-state index in [-0.39, 0.29) is 0 Å². The van der Waals surface area contributed by atoms with Crippen LogP contribution in [0, 0.1) is 5.92 Å². The number of aliphatic hydroxyl groups is 1. The second-order valence-electron chi connectivity index (χ2n) is 5.49. The molecule has 19 heavy (non-hydrogen) atoms. The van der Waals surface area contributed by atoms with Gasteiger partial charge in [0, 0.05) is 18.9 Å². The Morgan fingerprint density at radius 1 is 1.42 bits per heavy atom. The van der Waals surface area contributed by atoms with Gasteiger partial charge in [-0.05, 0) is 64.3 Å². The van der Waals surface area contributed by atoms with Crippen LogP contribution in [-0.2, 0) is 4.74 Å². The van der Waals surface area contributed by atoms with Crippen molar-refractivity contribution in [1.82, 2.24) is 5.32 Å². The van der Waals surface area contributed by atoms with Gasteiger partial charge in [0.2, 0.25) is 0 Å². The molecule has 1 atom stereocenters. The smallest absolute Gasteiger partial charge is 0.124 e. The standard InChI is InChI=1S/C15H30N2O2/c1-13(17-15(18)7-2-4-10-16)6-3-5-11-19-12-14-8-9-14/h6,14-15,17-18H,2-5,7-12,16H2,1H3/b13-6+. The van der Waals surface area contributed by atoms with Crippen molar-refractivity contribution in [3.8, 4) is 0 Å². The van der Waals surface area contributed by atoms with E-state index in [1.165, 1.54) is 12.8 Å². The number of nitrogens with one attached hydrogen (secondary N) is 1. The number of unbranched alkanes of at least 4 members (excludes halogenated alkanes) is 2. The summed E-state index contributed by atoms with van der Waals surface area (Å²) in [5.41, 5.74) is 6.46. The van der Waals surface area contributed by atoms with Gasteiger partial charge in [-0.15, -0.1) is 0 Å². The first kappa shape index (κ1) is 16.5. The van der Waals surface area contributed by atoms with Crippen molar-refractivity contribution in [2.75, 3.05) is 19.8 Å². The summed E-state index contributed by atoms with van der Waals surface area (Å²) in [4.78, 5) is 0. The molecule has 4 nitrogen and oxygen atoms in total. The molecule has 4 N–H and O–H groups in total. The Morgan fingerprint density at radius 2 is 2.21 bits per heavy atom. The van der Waals surface area contributed by atoms with Crippen molar-refractivity contribution < 1.29 is 9.84 Å². The molecule has 0 saturated heterocycles. The van der Waals surface area contributed by atoms with Gasteiger partial charge in [0.15, 0.2) is 0 Å². The van der Waals surface area contributed by atoms with Crippen LogP contribution in [0.1, 0.15) is 51.9 Å². The summed E-state index contributed by atoms with van der Waals surface area (Å²) in [6.45, 7) is 4.49. The summed E-state index contributed by atoms with van der Waals surface area (Å²) in [5, 5.41) is 12.8. The molecular weight excluding hydrogens is 240 g/mol. The SMILES string of the molecule is C/C(=C\CCCOCC1CC1)NC(O)CCCCN. The molecule has 0 heterocycles. The fourth-order valence-corrected chi connectivity index (χ4v) is 1.91. The van der Waals surface area contributed by atoms with Crippen molar-refractivity contribution in [3.05, 3.63) is 11.8 Å². The molecule has 0 aliphatic heterocycles. The molecular formula is C15H30N2O2. The Morgan fingerprint density at radius 3 is 2.89 bits per heavy atom. The van der Waals surface area contributed by atoms with E-state index in [4.69, 9.17) is 10.5 Å². The predicted octanol–water partition coefficient (Wildman–Crippen LogP) is 2.13. The van der Waals surface area contributed by atoms with E-state index in [2.05, 4.69) is 11.4 Å². The van der Waals surface area contributed by atoms with Gasteiger partial charge in [-0.2, -0.15) is 0 Å². The Labute approximate surface area is 117 Å². The first-order valence-corrected chi connectivity index (χ1v) is 7.61. The first-order valence-electron chi connectivity index (χ1n) is 7.61. The van der Waals surface area contributed by atoms with Crippen LogP contribution in [0.5, 0.6) is 0 Å². The number of nitrogens with two attached hydrogens (primary N) is 1. The topological polar surface area (TPSA) is 67.5 Å². The quantitative estimate of drug-likeness (QED) is 0.375. The Balaban J connectivity index is 1.93. The Bertz CT molecular complexity index is 253. The van der Waals surface area contributed by atoms with Crippen LogP contribution < -0.4 is 11.1 Å². The van der Waals surface area contributed by atoms with Crippen molar-refractivity contribution >= 4 is 0 Å². The average molecular weight is 270 g/mol. The van der Waals surface area contributed by atoms with E-state index in [1.807, 2.05) is 6.92 Å². The number of hydrogen-bond donors (Lipinski definition) is 3. The highest BCUT2D eigenvalue weighted by molar-refractivity contribution is 4.95. The van der Waals surface area contributed by atoms with Crippen LogP contribution in [0.25, 0.3) is 0 Å². The van der Waals surface area contributed by atoms with Gasteiger partial charge in [-0.1, -0.05) is 6.08 Å². The summed E-state index contributed by atoms with van der Waals surface area (Å²) >= 11 is 0. The fraction of sp³-hybridized carbons (Fsp3) is 0.867. The Kier molecular flexibility index (Phi) is 8.88. The molecule has 1 aliphatic carbocycles. The molecule has 0 aromatic carbocycles. The highest BCUT2D eigenvalue weighted by atomic mass is 16.5. The zero-order valence-electron chi connectivity index (χ0n) is 12.2. The summed E-state index contributed by atoms with van der Waals surface area (Å²) in [6, 6.07) is 0. The predicted molar refractivity (Wildman–Crippen MR) is 78.6 cm³/mol. The van der Waals surface area contributed by atoms with Gasteiger partial charge in [-0.3, -0.25) is 0 Å². The lowest BCUT2D eigenvalue weighted by molar-refractivity contribution is 0.122. The van der Waals surface area contributed by atoms with Gasteiger partial charge >= 0.3 is 0 Å². The lowest BCUT2D eigenvalue weighted by Crippen LogP contribution is -2.27. The highest BCUT2D eigenvalue weighted by Crippen LogP contribution is 2.28. The second kappa shape index (κ2) is 10.2. The monoisotopic (exact) mass is 270 g/mol. The average Bonchev–Trinajstić information content (AvgIpc) is 3.18. The first-order chi connectivity index (χ1) is 9.22. The Hall–Kier alpha value is -0.580. The molecule has 4 heteroatoms. The highest BCUT2D eigenvalue weighted by Gasteiger charge is 2.20. The number of aliphatic hydroxyl groups excluding tert-OH is 1. The van der Waals surface area contributed by atoms with Crippen LogP contribution in [0.2, 0.25) is 0 Å². The fourth-order valence-electron chi connectivity index (χ4n) is 1.91. The van der Waals surface area contributed by atoms with E-state index in [0.717, 1.165) is 56.9 Å². The van der Waals surface area contributed by atoms with Gasteiger partial charge in [0.1, 0.15) is 6.23 Å². The lowest BCUT2D eigenvalue weighted by Gasteiger charge is -2.14. The minimum absolute atomic E-state index is 0.450. The normalized spacial score (nSPS) is 17.5. The van der Waals surface area contributed by atoms with E-state index < -0.39 is 6.23 Å².